The minimum absolute atomic E-state index is 0. The Labute approximate surface area is 215 Å². The quantitative estimate of drug-likeness (QED) is 0.291. The van der Waals surface area contributed by atoms with Gasteiger partial charge in [0.1, 0.15) is 17.3 Å². The molecule has 2 heterocycles. The Morgan fingerprint density at radius 1 is 0.944 bits per heavy atom. The van der Waals surface area contributed by atoms with Crippen molar-refractivity contribution in [2.75, 3.05) is 30.9 Å². The molecule has 0 unspecified atom stereocenters. The average molecular weight is 486 g/mol. The molecule has 0 saturated heterocycles. The van der Waals surface area contributed by atoms with E-state index >= 15 is 0 Å². The van der Waals surface area contributed by atoms with E-state index in [2.05, 4.69) is 52.8 Å². The van der Waals surface area contributed by atoms with Crippen molar-refractivity contribution in [2.24, 2.45) is 5.92 Å². The number of benzene rings is 2. The number of furan rings is 1. The molecule has 0 bridgehead atoms. The number of hydrogen-bond acceptors (Lipinski definition) is 6. The molecule has 1 aliphatic rings. The molecular weight excluding hydrogens is 446 g/mol. The van der Waals surface area contributed by atoms with Crippen molar-refractivity contribution in [1.29, 1.82) is 0 Å². The molecule has 5 rings (SSSR count). The molecule has 4 aromatic rings. The number of para-hydroxylation sites is 1. The van der Waals surface area contributed by atoms with Gasteiger partial charge in [0.25, 0.3) is 0 Å². The molecule has 36 heavy (non-hydrogen) atoms. The second-order valence-corrected chi connectivity index (χ2v) is 9.83. The van der Waals surface area contributed by atoms with Gasteiger partial charge in [0.15, 0.2) is 0 Å². The van der Waals surface area contributed by atoms with E-state index in [0.29, 0.717) is 12.0 Å². The molecule has 2 aromatic heterocycles. The number of fused-ring (bicyclic) bond motifs is 1. The summed E-state index contributed by atoms with van der Waals surface area (Å²) in [5, 5.41) is 8.37. The summed E-state index contributed by atoms with van der Waals surface area (Å²) >= 11 is 0. The van der Waals surface area contributed by atoms with Crippen LogP contribution in [0.15, 0.2) is 65.1 Å². The molecule has 1 saturated carbocycles. The predicted octanol–water partition coefficient (Wildman–Crippen LogP) is 6.66. The second-order valence-electron chi connectivity index (χ2n) is 9.83. The number of aryl methyl sites for hydroxylation is 1. The maximum atomic E-state index is 6.00. The summed E-state index contributed by atoms with van der Waals surface area (Å²) in [5.74, 6) is 4.33. The summed E-state index contributed by atoms with van der Waals surface area (Å²) in [7, 11) is 4.06. The van der Waals surface area contributed by atoms with Gasteiger partial charge >= 0.3 is 0 Å². The van der Waals surface area contributed by atoms with Crippen LogP contribution >= 0.6 is 0 Å². The predicted molar refractivity (Wildman–Crippen MR) is 151 cm³/mol. The lowest BCUT2D eigenvalue weighted by molar-refractivity contribution is 0.323. The van der Waals surface area contributed by atoms with Crippen LogP contribution in [0.4, 0.5) is 11.8 Å². The fraction of sp³-hybridized carbons (Fsp3) is 0.400. The lowest BCUT2D eigenvalue weighted by Crippen LogP contribution is -2.31. The van der Waals surface area contributed by atoms with Gasteiger partial charge in [-0.1, -0.05) is 49.9 Å². The van der Waals surface area contributed by atoms with E-state index in [9.17, 15) is 0 Å². The third kappa shape index (κ3) is 5.88. The summed E-state index contributed by atoms with van der Waals surface area (Å²) in [4.78, 5) is 11.6. The third-order valence-electron chi connectivity index (χ3n) is 7.01. The van der Waals surface area contributed by atoms with E-state index in [1.54, 1.807) is 0 Å². The molecule has 1 aliphatic carbocycles. The molecule has 0 radical (unpaired) electrons. The van der Waals surface area contributed by atoms with E-state index in [4.69, 9.17) is 14.4 Å². The fourth-order valence-electron chi connectivity index (χ4n) is 5.01. The zero-order chi connectivity index (χ0) is 24.2. The van der Waals surface area contributed by atoms with Gasteiger partial charge in [-0.2, -0.15) is 4.98 Å². The molecule has 6 heteroatoms. The Kier molecular flexibility index (Phi) is 8.26. The maximum absolute atomic E-state index is 6.00. The van der Waals surface area contributed by atoms with E-state index in [1.807, 2.05) is 44.4 Å². The zero-order valence-electron chi connectivity index (χ0n) is 20.9. The van der Waals surface area contributed by atoms with Crippen molar-refractivity contribution in [2.45, 2.75) is 52.6 Å². The zero-order valence-corrected chi connectivity index (χ0v) is 20.9. The number of anilines is 2. The lowest BCUT2D eigenvalue weighted by atomic mass is 9.86. The van der Waals surface area contributed by atoms with Gasteiger partial charge in [-0.05, 0) is 63.3 Å². The molecule has 6 nitrogen and oxygen atoms in total. The van der Waals surface area contributed by atoms with Gasteiger partial charge in [0.2, 0.25) is 5.95 Å². The molecule has 0 atom stereocenters. The Bertz CT molecular complexity index is 1260. The molecule has 2 aromatic carbocycles. The lowest BCUT2D eigenvalue weighted by Gasteiger charge is -2.29. The molecule has 1 fully saturated rings. The van der Waals surface area contributed by atoms with Gasteiger partial charge in [-0.3, -0.25) is 0 Å². The van der Waals surface area contributed by atoms with Gasteiger partial charge in [0.05, 0.1) is 5.52 Å². The Morgan fingerprint density at radius 2 is 1.67 bits per heavy atom. The minimum Gasteiger partial charge on any atom is -0.461 e. The van der Waals surface area contributed by atoms with Gasteiger partial charge < -0.3 is 20.0 Å². The number of rotatable bonds is 8. The summed E-state index contributed by atoms with van der Waals surface area (Å²) < 4.78 is 6.00. The van der Waals surface area contributed by atoms with Crippen LogP contribution in [-0.2, 0) is 6.54 Å². The number of nitrogens with zero attached hydrogens (tertiary/aromatic N) is 3. The first kappa shape index (κ1) is 25.7. The monoisotopic (exact) mass is 485 g/mol. The van der Waals surface area contributed by atoms with Crippen LogP contribution in [0.25, 0.3) is 22.2 Å². The highest BCUT2D eigenvalue weighted by Crippen LogP contribution is 2.29. The molecule has 190 valence electrons. The Hall–Kier alpha value is -3.38. The van der Waals surface area contributed by atoms with Crippen molar-refractivity contribution >= 4 is 22.7 Å². The largest absolute Gasteiger partial charge is 0.461 e. The number of aromatic nitrogens is 2. The smallest absolute Gasteiger partial charge is 0.225 e. The first-order valence-electron chi connectivity index (χ1n) is 12.6. The Morgan fingerprint density at radius 3 is 2.42 bits per heavy atom. The van der Waals surface area contributed by atoms with Crippen LogP contribution in [0.5, 0.6) is 0 Å². The van der Waals surface area contributed by atoms with Crippen molar-refractivity contribution in [3.63, 3.8) is 0 Å². The SMILES string of the molecule is C.Cc1oc(-c2ccccc2)cc1CNCC1CCC(Nc2nc(N(C)C)c3ccccc3n2)CC1. The van der Waals surface area contributed by atoms with Crippen molar-refractivity contribution in [3.8, 4) is 11.3 Å². The Balaban J connectivity index is 0.00000304. The van der Waals surface area contributed by atoms with Crippen LogP contribution in [0.2, 0.25) is 0 Å². The third-order valence-corrected chi connectivity index (χ3v) is 7.01. The van der Waals surface area contributed by atoms with Gasteiger partial charge in [-0.25, -0.2) is 4.98 Å². The van der Waals surface area contributed by atoms with Crippen LogP contribution in [0.1, 0.15) is 44.4 Å². The number of hydrogen-bond donors (Lipinski definition) is 2. The first-order chi connectivity index (χ1) is 17.1. The highest BCUT2D eigenvalue weighted by molar-refractivity contribution is 5.90. The standard InChI is InChI=1S/C29H35N5O.CH4/c1-20-23(17-27(35-20)22-9-5-4-6-10-22)19-30-18-21-13-15-24(16-14-21)31-29-32-26-12-8-7-11-25(26)28(33-29)34(2)3;/h4-12,17,21,24,30H,13-16,18-19H2,1-3H3,(H,31,32,33);1H4. The minimum atomic E-state index is 0. The fourth-order valence-corrected chi connectivity index (χ4v) is 5.01. The molecule has 0 spiro atoms. The first-order valence-corrected chi connectivity index (χ1v) is 12.6. The molecule has 2 N–H and O–H groups in total. The highest BCUT2D eigenvalue weighted by Gasteiger charge is 2.22. The second kappa shape index (κ2) is 11.6. The maximum Gasteiger partial charge on any atom is 0.225 e. The van der Waals surface area contributed by atoms with Crippen LogP contribution in [0, 0.1) is 12.8 Å². The molecule has 0 amide bonds. The summed E-state index contributed by atoms with van der Waals surface area (Å²) in [6.07, 6.45) is 4.70. The average Bonchev–Trinajstić information content (AvgIpc) is 3.25. The van der Waals surface area contributed by atoms with Crippen molar-refractivity contribution in [3.05, 3.63) is 72.0 Å². The van der Waals surface area contributed by atoms with E-state index in [1.165, 1.54) is 18.4 Å². The number of nitrogens with one attached hydrogen (secondary N) is 2. The van der Waals surface area contributed by atoms with Gasteiger partial charge in [-0.15, -0.1) is 0 Å². The van der Waals surface area contributed by atoms with Crippen LogP contribution in [0.3, 0.4) is 0 Å². The van der Waals surface area contributed by atoms with Crippen LogP contribution < -0.4 is 15.5 Å². The topological polar surface area (TPSA) is 66.2 Å². The highest BCUT2D eigenvalue weighted by atomic mass is 16.3. The normalized spacial score (nSPS) is 17.5. The van der Waals surface area contributed by atoms with E-state index in [-0.39, 0.29) is 7.43 Å². The molecular formula is C30H39N5O. The van der Waals surface area contributed by atoms with Gasteiger partial charge in [0, 0.05) is 43.2 Å². The molecule has 0 aliphatic heterocycles. The van der Waals surface area contributed by atoms with Crippen molar-refractivity contribution < 1.29 is 4.42 Å². The summed E-state index contributed by atoms with van der Waals surface area (Å²) in [5.41, 5.74) is 3.35. The van der Waals surface area contributed by atoms with Crippen molar-refractivity contribution in [1.82, 2.24) is 15.3 Å². The summed E-state index contributed by atoms with van der Waals surface area (Å²) in [6, 6.07) is 21.1. The van der Waals surface area contributed by atoms with Crippen LogP contribution in [-0.4, -0.2) is 36.6 Å². The van der Waals surface area contributed by atoms with E-state index < -0.39 is 0 Å². The summed E-state index contributed by atoms with van der Waals surface area (Å²) in [6.45, 7) is 3.94. The van der Waals surface area contributed by atoms with E-state index in [0.717, 1.165) is 65.7 Å².